The van der Waals surface area contributed by atoms with Gasteiger partial charge in [-0.3, -0.25) is 9.48 Å². The summed E-state index contributed by atoms with van der Waals surface area (Å²) in [6.45, 7) is 2.25. The Morgan fingerprint density at radius 3 is 2.76 bits per heavy atom. The van der Waals surface area contributed by atoms with Crippen molar-refractivity contribution >= 4 is 11.6 Å². The van der Waals surface area contributed by atoms with E-state index in [0.717, 1.165) is 11.3 Å². The number of hydrogen-bond acceptors (Lipinski definition) is 2. The number of nitrogens with zero attached hydrogens (tertiary/aromatic N) is 3. The van der Waals surface area contributed by atoms with Crippen molar-refractivity contribution < 1.29 is 4.79 Å². The minimum atomic E-state index is 0.0167. The molecular formula is C13H15N3O. The van der Waals surface area contributed by atoms with E-state index < -0.39 is 0 Å². The second-order valence-electron chi connectivity index (χ2n) is 3.94. The van der Waals surface area contributed by atoms with Crippen LogP contribution in [0.2, 0.25) is 0 Å². The van der Waals surface area contributed by atoms with E-state index in [4.69, 9.17) is 0 Å². The van der Waals surface area contributed by atoms with Gasteiger partial charge in [0.25, 0.3) is 0 Å². The third kappa shape index (κ3) is 2.53. The number of rotatable bonds is 3. The van der Waals surface area contributed by atoms with E-state index in [1.807, 2.05) is 31.2 Å². The van der Waals surface area contributed by atoms with Gasteiger partial charge in [-0.25, -0.2) is 0 Å². The molecule has 1 aromatic heterocycles. The van der Waals surface area contributed by atoms with Crippen LogP contribution >= 0.6 is 0 Å². The van der Waals surface area contributed by atoms with E-state index in [2.05, 4.69) is 5.10 Å². The summed E-state index contributed by atoms with van der Waals surface area (Å²) >= 11 is 0. The standard InChI is InChI=1S/C13H15N3O/c1-11-6-3-4-7-12(11)15(2)13(17)10-16-9-5-8-14-16/h3-9H,10H2,1-2H3. The van der Waals surface area contributed by atoms with Crippen LogP contribution in [0.3, 0.4) is 0 Å². The fourth-order valence-corrected chi connectivity index (χ4v) is 1.71. The molecule has 0 spiro atoms. The van der Waals surface area contributed by atoms with E-state index in [1.54, 1.807) is 35.1 Å². The average Bonchev–Trinajstić information content (AvgIpc) is 2.81. The molecule has 0 fully saturated rings. The molecule has 0 bridgehead atoms. The predicted octanol–water partition coefficient (Wildman–Crippen LogP) is 1.85. The number of aromatic nitrogens is 2. The number of amides is 1. The minimum Gasteiger partial charge on any atom is -0.314 e. The second-order valence-corrected chi connectivity index (χ2v) is 3.94. The average molecular weight is 229 g/mol. The molecule has 0 aliphatic rings. The van der Waals surface area contributed by atoms with Gasteiger partial charge in [-0.1, -0.05) is 18.2 Å². The van der Waals surface area contributed by atoms with Crippen molar-refractivity contribution in [1.29, 1.82) is 0 Å². The fraction of sp³-hybridized carbons (Fsp3) is 0.231. The number of para-hydroxylation sites is 1. The number of likely N-dealkylation sites (N-methyl/N-ethyl adjacent to an activating group) is 1. The SMILES string of the molecule is Cc1ccccc1N(C)C(=O)Cn1cccn1. The molecule has 4 heteroatoms. The number of carbonyl (C=O) groups is 1. The molecule has 1 heterocycles. The molecule has 0 saturated carbocycles. The maximum absolute atomic E-state index is 12.0. The van der Waals surface area contributed by atoms with Crippen LogP contribution in [0, 0.1) is 6.92 Å². The Balaban J connectivity index is 2.12. The highest BCUT2D eigenvalue weighted by Crippen LogP contribution is 2.17. The highest BCUT2D eigenvalue weighted by atomic mass is 16.2. The Morgan fingerprint density at radius 2 is 2.12 bits per heavy atom. The Morgan fingerprint density at radius 1 is 1.35 bits per heavy atom. The molecule has 1 amide bonds. The number of carbonyl (C=O) groups excluding carboxylic acids is 1. The first kappa shape index (κ1) is 11.4. The van der Waals surface area contributed by atoms with Crippen molar-refractivity contribution in [3.05, 3.63) is 48.3 Å². The molecule has 2 rings (SSSR count). The number of anilines is 1. The number of aryl methyl sites for hydroxylation is 1. The lowest BCUT2D eigenvalue weighted by molar-refractivity contribution is -0.119. The van der Waals surface area contributed by atoms with Crippen LogP contribution in [0.1, 0.15) is 5.56 Å². The topological polar surface area (TPSA) is 38.1 Å². The monoisotopic (exact) mass is 229 g/mol. The second kappa shape index (κ2) is 4.82. The molecule has 0 N–H and O–H groups in total. The van der Waals surface area contributed by atoms with E-state index in [9.17, 15) is 4.79 Å². The zero-order chi connectivity index (χ0) is 12.3. The molecule has 0 radical (unpaired) electrons. The van der Waals surface area contributed by atoms with Crippen LogP contribution in [-0.4, -0.2) is 22.7 Å². The van der Waals surface area contributed by atoms with Crippen LogP contribution in [0.4, 0.5) is 5.69 Å². The lowest BCUT2D eigenvalue weighted by atomic mass is 10.2. The zero-order valence-corrected chi connectivity index (χ0v) is 10.00. The van der Waals surface area contributed by atoms with Gasteiger partial charge in [-0.05, 0) is 24.6 Å². The molecule has 1 aromatic carbocycles. The normalized spacial score (nSPS) is 10.2. The maximum atomic E-state index is 12.0. The van der Waals surface area contributed by atoms with Gasteiger partial charge >= 0.3 is 0 Å². The number of hydrogen-bond donors (Lipinski definition) is 0. The molecule has 0 unspecified atom stereocenters. The number of benzene rings is 1. The lowest BCUT2D eigenvalue weighted by Crippen LogP contribution is -2.30. The molecule has 17 heavy (non-hydrogen) atoms. The van der Waals surface area contributed by atoms with Crippen molar-refractivity contribution in [3.63, 3.8) is 0 Å². The molecular weight excluding hydrogens is 214 g/mol. The Kier molecular flexibility index (Phi) is 3.23. The van der Waals surface area contributed by atoms with E-state index in [-0.39, 0.29) is 12.5 Å². The van der Waals surface area contributed by atoms with Crippen molar-refractivity contribution in [2.45, 2.75) is 13.5 Å². The van der Waals surface area contributed by atoms with Crippen LogP contribution in [-0.2, 0) is 11.3 Å². The van der Waals surface area contributed by atoms with E-state index in [1.165, 1.54) is 0 Å². The summed E-state index contributed by atoms with van der Waals surface area (Å²) in [5, 5.41) is 4.02. The molecule has 88 valence electrons. The van der Waals surface area contributed by atoms with Crippen molar-refractivity contribution in [3.8, 4) is 0 Å². The molecule has 2 aromatic rings. The van der Waals surface area contributed by atoms with E-state index in [0.29, 0.717) is 0 Å². The molecule has 4 nitrogen and oxygen atoms in total. The highest BCUT2D eigenvalue weighted by Gasteiger charge is 2.12. The smallest absolute Gasteiger partial charge is 0.248 e. The molecule has 0 aliphatic heterocycles. The summed E-state index contributed by atoms with van der Waals surface area (Å²) in [6, 6.07) is 9.63. The third-order valence-corrected chi connectivity index (χ3v) is 2.71. The Labute approximate surface area is 100 Å². The van der Waals surface area contributed by atoms with Gasteiger partial charge in [0.1, 0.15) is 6.54 Å². The Bertz CT molecular complexity index is 505. The lowest BCUT2D eigenvalue weighted by Gasteiger charge is -2.19. The largest absolute Gasteiger partial charge is 0.314 e. The molecule has 0 aliphatic carbocycles. The van der Waals surface area contributed by atoms with Gasteiger partial charge in [-0.15, -0.1) is 0 Å². The van der Waals surface area contributed by atoms with Gasteiger partial charge < -0.3 is 4.90 Å². The van der Waals surface area contributed by atoms with Gasteiger partial charge in [0.05, 0.1) is 0 Å². The van der Waals surface area contributed by atoms with Crippen LogP contribution in [0.5, 0.6) is 0 Å². The summed E-state index contributed by atoms with van der Waals surface area (Å²) in [5.74, 6) is 0.0167. The summed E-state index contributed by atoms with van der Waals surface area (Å²) in [4.78, 5) is 13.7. The van der Waals surface area contributed by atoms with Crippen LogP contribution in [0.25, 0.3) is 0 Å². The van der Waals surface area contributed by atoms with Gasteiger partial charge in [-0.2, -0.15) is 5.10 Å². The van der Waals surface area contributed by atoms with Crippen molar-refractivity contribution in [2.75, 3.05) is 11.9 Å². The fourth-order valence-electron chi connectivity index (χ4n) is 1.71. The quantitative estimate of drug-likeness (QED) is 0.805. The van der Waals surface area contributed by atoms with E-state index >= 15 is 0 Å². The van der Waals surface area contributed by atoms with Gasteiger partial charge in [0.2, 0.25) is 5.91 Å². The van der Waals surface area contributed by atoms with Crippen LogP contribution in [0.15, 0.2) is 42.7 Å². The first-order valence-electron chi connectivity index (χ1n) is 5.48. The Hall–Kier alpha value is -2.10. The summed E-state index contributed by atoms with van der Waals surface area (Å²) in [5.41, 5.74) is 2.02. The maximum Gasteiger partial charge on any atom is 0.248 e. The first-order chi connectivity index (χ1) is 8.18. The minimum absolute atomic E-state index is 0.0167. The highest BCUT2D eigenvalue weighted by molar-refractivity contribution is 5.93. The first-order valence-corrected chi connectivity index (χ1v) is 5.48. The summed E-state index contributed by atoms with van der Waals surface area (Å²) < 4.78 is 1.62. The summed E-state index contributed by atoms with van der Waals surface area (Å²) in [6.07, 6.45) is 3.45. The van der Waals surface area contributed by atoms with Crippen molar-refractivity contribution in [1.82, 2.24) is 9.78 Å². The zero-order valence-electron chi connectivity index (χ0n) is 10.00. The third-order valence-electron chi connectivity index (χ3n) is 2.71. The predicted molar refractivity (Wildman–Crippen MR) is 66.8 cm³/mol. The van der Waals surface area contributed by atoms with Crippen LogP contribution < -0.4 is 4.90 Å². The molecule has 0 saturated heterocycles. The summed E-state index contributed by atoms with van der Waals surface area (Å²) in [7, 11) is 1.79. The van der Waals surface area contributed by atoms with Crippen molar-refractivity contribution in [2.24, 2.45) is 0 Å². The van der Waals surface area contributed by atoms with Gasteiger partial charge in [0, 0.05) is 25.1 Å². The van der Waals surface area contributed by atoms with Gasteiger partial charge in [0.15, 0.2) is 0 Å². The molecule has 0 atom stereocenters.